The Morgan fingerprint density at radius 2 is 1.74 bits per heavy atom. The van der Waals surface area contributed by atoms with E-state index in [-0.39, 0.29) is 31.0 Å². The Balaban J connectivity index is 1.73. The van der Waals surface area contributed by atoms with Crippen LogP contribution in [0.15, 0.2) is 58.4 Å². The van der Waals surface area contributed by atoms with Gasteiger partial charge in [0.05, 0.1) is 6.54 Å². The molecular weight excluding hydrogens is 392 g/mol. The molecule has 2 heterocycles. The molecule has 0 spiro atoms. The first-order valence-electron chi connectivity index (χ1n) is 10.7. The third kappa shape index (κ3) is 4.08. The molecule has 1 aliphatic rings. The van der Waals surface area contributed by atoms with Crippen LogP contribution in [0.3, 0.4) is 0 Å². The van der Waals surface area contributed by atoms with Crippen molar-refractivity contribution in [3.63, 3.8) is 0 Å². The molecule has 0 radical (unpaired) electrons. The third-order valence-corrected chi connectivity index (χ3v) is 5.92. The number of aromatic nitrogens is 3. The second-order valence-electron chi connectivity index (χ2n) is 7.96. The number of Topliss-reactive ketones (excluding diaryl/α,β-unsaturated/α-hetero) is 1. The zero-order valence-electron chi connectivity index (χ0n) is 17.7. The molecular formula is C24H27N4O3+. The van der Waals surface area contributed by atoms with Gasteiger partial charge in [0.15, 0.2) is 12.4 Å². The fourth-order valence-electron chi connectivity index (χ4n) is 4.24. The zero-order valence-corrected chi connectivity index (χ0v) is 17.7. The molecule has 0 atom stereocenters. The van der Waals surface area contributed by atoms with Crippen LogP contribution in [0.4, 0.5) is 5.82 Å². The van der Waals surface area contributed by atoms with Crippen LogP contribution in [0.2, 0.25) is 0 Å². The van der Waals surface area contributed by atoms with Crippen molar-refractivity contribution in [1.29, 1.82) is 0 Å². The third-order valence-electron chi connectivity index (χ3n) is 5.92. The quantitative estimate of drug-likeness (QED) is 0.486. The predicted octanol–water partition coefficient (Wildman–Crippen LogP) is 1.71. The van der Waals surface area contributed by atoms with Crippen LogP contribution in [0.25, 0.3) is 0 Å². The first-order chi connectivity index (χ1) is 15.0. The van der Waals surface area contributed by atoms with E-state index in [1.165, 1.54) is 22.1 Å². The van der Waals surface area contributed by atoms with Gasteiger partial charge in [-0.1, -0.05) is 30.3 Å². The van der Waals surface area contributed by atoms with Gasteiger partial charge in [0, 0.05) is 18.2 Å². The fourth-order valence-corrected chi connectivity index (χ4v) is 4.24. The van der Waals surface area contributed by atoms with E-state index < -0.39 is 17.0 Å². The van der Waals surface area contributed by atoms with E-state index in [1.807, 2.05) is 48.8 Å². The highest BCUT2D eigenvalue weighted by molar-refractivity contribution is 5.98. The van der Waals surface area contributed by atoms with Gasteiger partial charge in [0.2, 0.25) is 12.3 Å². The minimum atomic E-state index is -0.627. The molecule has 2 aromatic heterocycles. The molecule has 0 saturated carbocycles. The topological polar surface area (TPSA) is 91.0 Å². The smallest absolute Gasteiger partial charge is 0.332 e. The number of fused-ring (bicyclic) bond motifs is 1. The number of benzene rings is 1. The molecule has 7 heteroatoms. The Morgan fingerprint density at radius 3 is 2.45 bits per heavy atom. The lowest BCUT2D eigenvalue weighted by Crippen LogP contribution is -2.46. The van der Waals surface area contributed by atoms with Crippen molar-refractivity contribution < 1.29 is 9.36 Å². The van der Waals surface area contributed by atoms with E-state index in [0.29, 0.717) is 0 Å². The summed E-state index contributed by atoms with van der Waals surface area (Å²) in [6.45, 7) is 2.06. The molecule has 1 aliphatic carbocycles. The molecule has 0 bridgehead atoms. The Morgan fingerprint density at radius 1 is 1.03 bits per heavy atom. The number of aryl methyl sites for hydroxylation is 2. The summed E-state index contributed by atoms with van der Waals surface area (Å²) in [5, 5.41) is 0. The van der Waals surface area contributed by atoms with Crippen molar-refractivity contribution >= 4 is 11.6 Å². The summed E-state index contributed by atoms with van der Waals surface area (Å²) in [4.78, 5) is 39.0. The first kappa shape index (κ1) is 20.8. The minimum absolute atomic E-state index is 0.0000247. The number of hydrogen-bond acceptors (Lipinski definition) is 4. The number of nitrogens with two attached hydrogens (primary N) is 1. The molecule has 3 aromatic rings. The SMILES string of the molecule is CCn1c(=O)c(C(=O)C[n+]2ccc3c(c2)CCCC3)c(N)n(Cc2ccccc2)c1=O. The number of hydrogen-bond donors (Lipinski definition) is 1. The van der Waals surface area contributed by atoms with E-state index >= 15 is 0 Å². The molecule has 0 amide bonds. The number of carbonyl (C=O) groups excluding carboxylic acids is 1. The van der Waals surface area contributed by atoms with Gasteiger partial charge < -0.3 is 5.73 Å². The monoisotopic (exact) mass is 419 g/mol. The Labute approximate surface area is 180 Å². The van der Waals surface area contributed by atoms with Gasteiger partial charge in [-0.15, -0.1) is 0 Å². The van der Waals surface area contributed by atoms with E-state index in [4.69, 9.17) is 5.73 Å². The number of rotatable bonds is 6. The van der Waals surface area contributed by atoms with E-state index in [1.54, 1.807) is 11.5 Å². The molecule has 7 nitrogen and oxygen atoms in total. The van der Waals surface area contributed by atoms with Gasteiger partial charge in [-0.05, 0) is 43.7 Å². The maximum absolute atomic E-state index is 13.2. The normalized spacial score (nSPS) is 13.1. The number of pyridine rings is 1. The van der Waals surface area contributed by atoms with Crippen LogP contribution >= 0.6 is 0 Å². The lowest BCUT2D eigenvalue weighted by atomic mass is 9.93. The van der Waals surface area contributed by atoms with Crippen LogP contribution in [0, 0.1) is 0 Å². The number of ketones is 1. The highest BCUT2D eigenvalue weighted by Crippen LogP contribution is 2.19. The Kier molecular flexibility index (Phi) is 5.84. The average molecular weight is 420 g/mol. The molecule has 0 unspecified atom stereocenters. The summed E-state index contributed by atoms with van der Waals surface area (Å²) in [5.41, 5.74) is 8.41. The molecule has 1 aromatic carbocycles. The average Bonchev–Trinajstić information content (AvgIpc) is 2.77. The van der Waals surface area contributed by atoms with Gasteiger partial charge in [0.25, 0.3) is 5.56 Å². The van der Waals surface area contributed by atoms with Crippen molar-refractivity contribution in [2.24, 2.45) is 0 Å². The van der Waals surface area contributed by atoms with Crippen LogP contribution in [-0.4, -0.2) is 14.9 Å². The largest absolute Gasteiger partial charge is 0.384 e. The molecule has 31 heavy (non-hydrogen) atoms. The molecule has 160 valence electrons. The lowest BCUT2D eigenvalue weighted by molar-refractivity contribution is -0.683. The van der Waals surface area contributed by atoms with Crippen LogP contribution < -0.4 is 21.5 Å². The van der Waals surface area contributed by atoms with Crippen molar-refractivity contribution in [2.75, 3.05) is 5.73 Å². The van der Waals surface area contributed by atoms with Gasteiger partial charge in [-0.2, -0.15) is 4.57 Å². The summed E-state index contributed by atoms with van der Waals surface area (Å²) in [6, 6.07) is 11.4. The van der Waals surface area contributed by atoms with Crippen LogP contribution in [0.5, 0.6) is 0 Å². The fraction of sp³-hybridized carbons (Fsp3) is 0.333. The highest BCUT2D eigenvalue weighted by atomic mass is 16.2. The van der Waals surface area contributed by atoms with Gasteiger partial charge >= 0.3 is 5.69 Å². The molecule has 0 fully saturated rings. The van der Waals surface area contributed by atoms with E-state index in [9.17, 15) is 14.4 Å². The molecule has 0 saturated heterocycles. The first-order valence-corrected chi connectivity index (χ1v) is 10.7. The summed E-state index contributed by atoms with van der Waals surface area (Å²) in [7, 11) is 0. The second kappa shape index (κ2) is 8.71. The minimum Gasteiger partial charge on any atom is -0.384 e. The highest BCUT2D eigenvalue weighted by Gasteiger charge is 2.25. The summed E-state index contributed by atoms with van der Waals surface area (Å²) >= 11 is 0. The standard InChI is InChI=1S/C24H26N4O3/c1-2-27-23(30)21(22(25)28(24(27)31)14-17-8-4-3-5-9-17)20(29)16-26-13-12-18-10-6-7-11-19(18)15-26/h3-5,8-9,12-13,15H,2,6-7,10-11,14,16H2,1H3,(H-,25,29,30)/p+1. The van der Waals surface area contributed by atoms with Crippen molar-refractivity contribution in [2.45, 2.75) is 52.2 Å². The molecule has 2 N–H and O–H groups in total. The van der Waals surface area contributed by atoms with Crippen molar-refractivity contribution in [3.05, 3.63) is 91.9 Å². The predicted molar refractivity (Wildman–Crippen MR) is 118 cm³/mol. The van der Waals surface area contributed by atoms with Crippen LogP contribution in [-0.2, 0) is 32.5 Å². The Hall–Kier alpha value is -3.48. The van der Waals surface area contributed by atoms with E-state index in [2.05, 4.69) is 0 Å². The maximum Gasteiger partial charge on any atom is 0.332 e. The lowest BCUT2D eigenvalue weighted by Gasteiger charge is -2.16. The van der Waals surface area contributed by atoms with Crippen molar-refractivity contribution in [1.82, 2.24) is 9.13 Å². The number of carbonyl (C=O) groups is 1. The number of nitrogens with zero attached hydrogens (tertiary/aromatic N) is 3. The molecule has 4 rings (SSSR count). The summed E-state index contributed by atoms with van der Waals surface area (Å²) in [6.07, 6.45) is 8.24. The Bertz CT molecular complexity index is 1240. The van der Waals surface area contributed by atoms with Gasteiger partial charge in [-0.25, -0.2) is 4.79 Å². The van der Waals surface area contributed by atoms with Gasteiger partial charge in [-0.3, -0.25) is 18.7 Å². The van der Waals surface area contributed by atoms with Crippen LogP contribution in [0.1, 0.15) is 46.8 Å². The number of nitrogen functional groups attached to an aromatic ring is 1. The zero-order chi connectivity index (χ0) is 22.0. The summed E-state index contributed by atoms with van der Waals surface area (Å²) in [5.74, 6) is -0.473. The second-order valence-corrected chi connectivity index (χ2v) is 7.96. The number of anilines is 1. The van der Waals surface area contributed by atoms with Gasteiger partial charge in [0.1, 0.15) is 11.4 Å². The summed E-state index contributed by atoms with van der Waals surface area (Å²) < 4.78 is 4.18. The van der Waals surface area contributed by atoms with Crippen molar-refractivity contribution in [3.8, 4) is 0 Å². The maximum atomic E-state index is 13.2. The molecule has 0 aliphatic heterocycles. The van der Waals surface area contributed by atoms with E-state index in [0.717, 1.165) is 29.4 Å².